The van der Waals surface area contributed by atoms with E-state index >= 15 is 0 Å². The number of likely N-dealkylation sites (tertiary alicyclic amines) is 1. The first-order chi connectivity index (χ1) is 8.08. The highest BCUT2D eigenvalue weighted by molar-refractivity contribution is 5.84. The first-order valence-electron chi connectivity index (χ1n) is 6.86. The highest BCUT2D eigenvalue weighted by Gasteiger charge is 2.32. The van der Waals surface area contributed by atoms with Gasteiger partial charge >= 0.3 is 0 Å². The van der Waals surface area contributed by atoms with Gasteiger partial charge in [-0.15, -0.1) is 0 Å². The molecule has 1 rings (SSSR count). The van der Waals surface area contributed by atoms with E-state index in [4.69, 9.17) is 5.73 Å². The molecule has 0 aromatic heterocycles. The van der Waals surface area contributed by atoms with Gasteiger partial charge in [-0.05, 0) is 39.4 Å². The van der Waals surface area contributed by atoms with Crippen LogP contribution < -0.4 is 11.1 Å². The van der Waals surface area contributed by atoms with Crippen molar-refractivity contribution in [2.45, 2.75) is 51.5 Å². The maximum absolute atomic E-state index is 11.6. The summed E-state index contributed by atoms with van der Waals surface area (Å²) in [6.45, 7) is 7.61. The Bertz CT molecular complexity index is 237. The van der Waals surface area contributed by atoms with Crippen LogP contribution in [0.5, 0.6) is 0 Å². The smallest absolute Gasteiger partial charge is 0.238 e. The molecule has 1 amide bonds. The summed E-state index contributed by atoms with van der Waals surface area (Å²) in [5, 5.41) is 3.23. The number of amides is 1. The fraction of sp³-hybridized carbons (Fsp3) is 0.923. The van der Waals surface area contributed by atoms with Crippen LogP contribution >= 0.6 is 0 Å². The summed E-state index contributed by atoms with van der Waals surface area (Å²) >= 11 is 0. The van der Waals surface area contributed by atoms with Gasteiger partial charge in [0, 0.05) is 6.54 Å². The lowest BCUT2D eigenvalue weighted by molar-refractivity contribution is -0.124. The predicted molar refractivity (Wildman–Crippen MR) is 70.8 cm³/mol. The van der Waals surface area contributed by atoms with E-state index in [-0.39, 0.29) is 5.91 Å². The Morgan fingerprint density at radius 2 is 1.76 bits per heavy atom. The molecule has 0 aliphatic carbocycles. The zero-order valence-electron chi connectivity index (χ0n) is 11.3. The second kappa shape index (κ2) is 6.97. The highest BCUT2D eigenvalue weighted by Crippen LogP contribution is 2.13. The topological polar surface area (TPSA) is 58.4 Å². The van der Waals surface area contributed by atoms with Crippen LogP contribution in [0.25, 0.3) is 0 Å². The minimum Gasteiger partial charge on any atom is -0.368 e. The number of hydrogen-bond acceptors (Lipinski definition) is 3. The number of nitrogens with two attached hydrogens (primary N) is 1. The van der Waals surface area contributed by atoms with Gasteiger partial charge in [0.05, 0.1) is 0 Å². The molecule has 4 nitrogen and oxygen atoms in total. The van der Waals surface area contributed by atoms with Gasteiger partial charge in [-0.25, -0.2) is 0 Å². The summed E-state index contributed by atoms with van der Waals surface area (Å²) in [5.41, 5.74) is 4.93. The Balaban J connectivity index is 2.54. The molecule has 1 fully saturated rings. The van der Waals surface area contributed by atoms with Crippen molar-refractivity contribution in [3.63, 3.8) is 0 Å². The highest BCUT2D eigenvalue weighted by atomic mass is 16.1. The number of nitrogens with one attached hydrogen (secondary N) is 1. The molecule has 4 heteroatoms. The van der Waals surface area contributed by atoms with Crippen LogP contribution in [-0.4, -0.2) is 42.5 Å². The lowest BCUT2D eigenvalue weighted by atomic mass is 9.99. The number of rotatable bonds is 5. The van der Waals surface area contributed by atoms with Gasteiger partial charge in [-0.3, -0.25) is 4.79 Å². The number of hydrogen-bond donors (Lipinski definition) is 2. The zero-order chi connectivity index (χ0) is 12.7. The van der Waals surface area contributed by atoms with Crippen LogP contribution in [0.3, 0.4) is 0 Å². The van der Waals surface area contributed by atoms with Crippen LogP contribution in [0.1, 0.15) is 46.0 Å². The first-order valence-corrected chi connectivity index (χ1v) is 6.86. The van der Waals surface area contributed by atoms with E-state index in [9.17, 15) is 4.79 Å². The molecular formula is C13H27N3O. The van der Waals surface area contributed by atoms with Crippen LogP contribution in [0.15, 0.2) is 0 Å². The quantitative estimate of drug-likeness (QED) is 0.758. The third-order valence-corrected chi connectivity index (χ3v) is 3.60. The van der Waals surface area contributed by atoms with Gasteiger partial charge in [0.25, 0.3) is 0 Å². The number of carbonyl (C=O) groups is 1. The molecular weight excluding hydrogens is 214 g/mol. The third kappa shape index (κ3) is 4.64. The van der Waals surface area contributed by atoms with Crippen LogP contribution in [0.4, 0.5) is 0 Å². The van der Waals surface area contributed by atoms with Gasteiger partial charge in [0.2, 0.25) is 5.91 Å². The average Bonchev–Trinajstić information content (AvgIpc) is 2.22. The Hall–Kier alpha value is -0.610. The fourth-order valence-electron chi connectivity index (χ4n) is 2.53. The molecule has 1 atom stereocenters. The maximum atomic E-state index is 11.6. The summed E-state index contributed by atoms with van der Waals surface area (Å²) in [4.78, 5) is 14.0. The van der Waals surface area contributed by atoms with Gasteiger partial charge in [-0.1, -0.05) is 26.2 Å². The largest absolute Gasteiger partial charge is 0.368 e. The van der Waals surface area contributed by atoms with Gasteiger partial charge in [0.1, 0.15) is 5.54 Å². The summed E-state index contributed by atoms with van der Waals surface area (Å²) in [7, 11) is 0. The van der Waals surface area contributed by atoms with Crippen LogP contribution in [0, 0.1) is 0 Å². The zero-order valence-corrected chi connectivity index (χ0v) is 11.3. The minimum atomic E-state index is -0.589. The molecule has 1 saturated heterocycles. The number of carbonyl (C=O) groups excluding carboxylic acids is 1. The summed E-state index contributed by atoms with van der Waals surface area (Å²) < 4.78 is 0. The molecule has 1 heterocycles. The average molecular weight is 241 g/mol. The Morgan fingerprint density at radius 1 is 1.24 bits per heavy atom. The summed E-state index contributed by atoms with van der Waals surface area (Å²) in [6.07, 6.45) is 6.45. The van der Waals surface area contributed by atoms with Gasteiger partial charge in [-0.2, -0.15) is 0 Å². The molecule has 100 valence electrons. The second-order valence-electron chi connectivity index (χ2n) is 5.27. The van der Waals surface area contributed by atoms with Crippen molar-refractivity contribution in [3.8, 4) is 0 Å². The van der Waals surface area contributed by atoms with E-state index in [0.717, 1.165) is 26.2 Å². The van der Waals surface area contributed by atoms with Crippen molar-refractivity contribution in [1.29, 1.82) is 0 Å². The molecule has 3 N–H and O–H groups in total. The first kappa shape index (κ1) is 14.5. The lowest BCUT2D eigenvalue weighted by Gasteiger charge is -2.34. The van der Waals surface area contributed by atoms with E-state index in [1.165, 1.54) is 32.1 Å². The Kier molecular flexibility index (Phi) is 5.92. The predicted octanol–water partition coefficient (Wildman–Crippen LogP) is 1.11. The van der Waals surface area contributed by atoms with Gasteiger partial charge < -0.3 is 16.0 Å². The molecule has 1 aliphatic heterocycles. The Labute approximate surface area is 105 Å². The molecule has 0 aromatic carbocycles. The van der Waals surface area contributed by atoms with Crippen molar-refractivity contribution < 1.29 is 4.79 Å². The third-order valence-electron chi connectivity index (χ3n) is 3.60. The molecule has 0 saturated carbocycles. The normalized spacial score (nSPS) is 22.5. The van der Waals surface area contributed by atoms with Crippen LogP contribution in [-0.2, 0) is 4.79 Å². The molecule has 1 unspecified atom stereocenters. The monoisotopic (exact) mass is 241 g/mol. The fourth-order valence-corrected chi connectivity index (χ4v) is 2.53. The molecule has 0 spiro atoms. The van der Waals surface area contributed by atoms with E-state index in [0.29, 0.717) is 0 Å². The van der Waals surface area contributed by atoms with Crippen molar-refractivity contribution in [2.24, 2.45) is 5.73 Å². The van der Waals surface area contributed by atoms with E-state index in [1.54, 1.807) is 0 Å². The van der Waals surface area contributed by atoms with E-state index < -0.39 is 5.54 Å². The lowest BCUT2D eigenvalue weighted by Crippen LogP contribution is -2.59. The molecule has 0 aromatic rings. The van der Waals surface area contributed by atoms with Gasteiger partial charge in [0.15, 0.2) is 0 Å². The Morgan fingerprint density at radius 3 is 2.24 bits per heavy atom. The number of nitrogens with zero attached hydrogens (tertiary/aromatic N) is 1. The van der Waals surface area contributed by atoms with Crippen molar-refractivity contribution >= 4 is 5.91 Å². The number of likely N-dealkylation sites (N-methyl/N-ethyl adjacent to an activating group) is 1. The maximum Gasteiger partial charge on any atom is 0.238 e. The molecule has 1 aliphatic rings. The summed E-state index contributed by atoms with van der Waals surface area (Å²) in [5.74, 6) is -0.249. The molecule has 17 heavy (non-hydrogen) atoms. The number of primary amides is 1. The minimum absolute atomic E-state index is 0.249. The molecule has 0 radical (unpaired) electrons. The SMILES string of the molecule is CCNC(C)(CN1CCCCCCC1)C(N)=O. The van der Waals surface area contributed by atoms with Crippen molar-refractivity contribution in [1.82, 2.24) is 10.2 Å². The molecule has 0 bridgehead atoms. The standard InChI is InChI=1S/C13H27N3O/c1-3-15-13(2,12(14)17)11-16-9-7-5-4-6-8-10-16/h15H,3-11H2,1-2H3,(H2,14,17). The van der Waals surface area contributed by atoms with E-state index in [1.807, 2.05) is 13.8 Å². The summed E-state index contributed by atoms with van der Waals surface area (Å²) in [6, 6.07) is 0. The second-order valence-corrected chi connectivity index (χ2v) is 5.27. The van der Waals surface area contributed by atoms with Crippen molar-refractivity contribution in [3.05, 3.63) is 0 Å². The van der Waals surface area contributed by atoms with E-state index in [2.05, 4.69) is 10.2 Å². The van der Waals surface area contributed by atoms with Crippen molar-refractivity contribution in [2.75, 3.05) is 26.2 Å². The van der Waals surface area contributed by atoms with Crippen LogP contribution in [0.2, 0.25) is 0 Å².